The van der Waals surface area contributed by atoms with Gasteiger partial charge in [0.2, 0.25) is 5.89 Å². The molecule has 4 aromatic rings. The van der Waals surface area contributed by atoms with E-state index in [-0.39, 0.29) is 41.1 Å². The summed E-state index contributed by atoms with van der Waals surface area (Å²) in [6.07, 6.45) is 2.17. The van der Waals surface area contributed by atoms with Crippen LogP contribution in [-0.4, -0.2) is 46.3 Å². The number of allylic oxidation sites excluding steroid dienone is 2. The van der Waals surface area contributed by atoms with Gasteiger partial charge in [-0.25, -0.2) is 9.78 Å². The van der Waals surface area contributed by atoms with Gasteiger partial charge in [0.1, 0.15) is 5.69 Å². The summed E-state index contributed by atoms with van der Waals surface area (Å²) in [5.74, 6) is 0.729. The van der Waals surface area contributed by atoms with E-state index in [0.29, 0.717) is 35.6 Å². The number of Topliss-reactive ketones (excluding diaryl/α,β-unsaturated/α-hetero) is 1. The van der Waals surface area contributed by atoms with E-state index in [4.69, 9.17) is 14.3 Å². The standard InChI is InChI=1S/C29H23NO5.Na/c1-19(31)34-35-23-15-8-14-22(18-23)27(32)24-16-9-17-25(24)29-30-26(20-10-4-2-5-11-20)28(33-29)21-12-6-3-7-13-21;/h2-8,10-15,18H,9,16-17H2,1H3;. The van der Waals surface area contributed by atoms with Crippen molar-refractivity contribution in [2.45, 2.75) is 26.2 Å². The van der Waals surface area contributed by atoms with E-state index in [2.05, 4.69) is 4.89 Å². The molecule has 1 aromatic heterocycles. The van der Waals surface area contributed by atoms with Crippen LogP contribution >= 0.6 is 0 Å². The zero-order valence-corrected chi connectivity index (χ0v) is 22.2. The summed E-state index contributed by atoms with van der Waals surface area (Å²) in [7, 11) is 0. The normalized spacial score (nSPS) is 12.7. The second-order valence-corrected chi connectivity index (χ2v) is 8.25. The van der Waals surface area contributed by atoms with E-state index in [9.17, 15) is 9.59 Å². The molecule has 0 atom stereocenters. The molecule has 1 heterocycles. The number of ketones is 1. The van der Waals surface area contributed by atoms with Gasteiger partial charge in [-0.2, -0.15) is 0 Å². The Bertz CT molecular complexity index is 1350. The third-order valence-electron chi connectivity index (χ3n) is 5.81. The van der Waals surface area contributed by atoms with Crippen LogP contribution in [0.4, 0.5) is 0 Å². The summed E-state index contributed by atoms with van der Waals surface area (Å²) in [5, 5.41) is 0. The van der Waals surface area contributed by atoms with Crippen LogP contribution in [-0.2, 0) is 9.68 Å². The van der Waals surface area contributed by atoms with Crippen molar-refractivity contribution in [1.29, 1.82) is 0 Å². The van der Waals surface area contributed by atoms with Crippen LogP contribution in [0.1, 0.15) is 42.4 Å². The smallest absolute Gasteiger partial charge is 0.352 e. The maximum atomic E-state index is 13.5. The first-order chi connectivity index (χ1) is 17.1. The van der Waals surface area contributed by atoms with Crippen LogP contribution in [0, 0.1) is 0 Å². The predicted octanol–water partition coefficient (Wildman–Crippen LogP) is 6.31. The van der Waals surface area contributed by atoms with Gasteiger partial charge < -0.3 is 4.42 Å². The Morgan fingerprint density at radius 3 is 2.25 bits per heavy atom. The molecule has 0 aliphatic heterocycles. The minimum Gasteiger partial charge on any atom is -0.436 e. The van der Waals surface area contributed by atoms with Gasteiger partial charge >= 0.3 is 5.97 Å². The molecule has 0 spiro atoms. The first kappa shape index (κ1) is 25.6. The Morgan fingerprint density at radius 2 is 1.56 bits per heavy atom. The molecule has 0 saturated carbocycles. The third kappa shape index (κ3) is 5.51. The molecule has 0 bridgehead atoms. The number of carbonyl (C=O) groups is 2. The van der Waals surface area contributed by atoms with Crippen LogP contribution in [0.25, 0.3) is 28.2 Å². The zero-order chi connectivity index (χ0) is 24.2. The summed E-state index contributed by atoms with van der Waals surface area (Å²) < 4.78 is 6.34. The molecular formula is C29H23NNaO5. The molecule has 1 radical (unpaired) electrons. The van der Waals surface area contributed by atoms with E-state index >= 15 is 0 Å². The molecule has 1 aliphatic carbocycles. The minimum atomic E-state index is -0.574. The molecule has 3 aromatic carbocycles. The molecule has 1 aliphatic rings. The van der Waals surface area contributed by atoms with Gasteiger partial charge in [-0.1, -0.05) is 72.8 Å². The van der Waals surface area contributed by atoms with Crippen molar-refractivity contribution < 1.29 is 23.8 Å². The first-order valence-electron chi connectivity index (χ1n) is 11.4. The molecule has 36 heavy (non-hydrogen) atoms. The van der Waals surface area contributed by atoms with Crippen LogP contribution in [0.15, 0.2) is 94.9 Å². The van der Waals surface area contributed by atoms with Crippen LogP contribution in [0.2, 0.25) is 0 Å². The van der Waals surface area contributed by atoms with Gasteiger partial charge in [-0.3, -0.25) is 14.6 Å². The molecule has 0 fully saturated rings. The fourth-order valence-electron chi connectivity index (χ4n) is 4.23. The van der Waals surface area contributed by atoms with Crippen LogP contribution in [0.3, 0.4) is 0 Å². The van der Waals surface area contributed by atoms with E-state index < -0.39 is 5.97 Å². The van der Waals surface area contributed by atoms with E-state index in [1.54, 1.807) is 24.3 Å². The summed E-state index contributed by atoms with van der Waals surface area (Å²) in [4.78, 5) is 39.0. The molecule has 0 saturated heterocycles. The predicted molar refractivity (Wildman–Crippen MR) is 137 cm³/mol. The maximum Gasteiger partial charge on any atom is 0.352 e. The van der Waals surface area contributed by atoms with Crippen LogP contribution < -0.4 is 4.89 Å². The van der Waals surface area contributed by atoms with Crippen molar-refractivity contribution in [1.82, 2.24) is 4.98 Å². The molecular weight excluding hydrogens is 465 g/mol. The molecule has 0 N–H and O–H groups in total. The van der Waals surface area contributed by atoms with Gasteiger partial charge in [0.05, 0.1) is 0 Å². The number of benzene rings is 3. The molecule has 0 amide bonds. The van der Waals surface area contributed by atoms with Crippen molar-refractivity contribution >= 4 is 46.9 Å². The van der Waals surface area contributed by atoms with Gasteiger partial charge in [0.15, 0.2) is 17.3 Å². The largest absolute Gasteiger partial charge is 0.436 e. The number of nitrogens with zero attached hydrogens (tertiary/aromatic N) is 1. The Balaban J connectivity index is 0.00000304. The van der Waals surface area contributed by atoms with E-state index in [1.807, 2.05) is 60.7 Å². The Hall–Kier alpha value is -3.45. The average molecular weight is 488 g/mol. The van der Waals surface area contributed by atoms with Gasteiger partial charge in [-0.05, 0) is 31.4 Å². The van der Waals surface area contributed by atoms with Gasteiger partial charge in [0.25, 0.3) is 0 Å². The third-order valence-corrected chi connectivity index (χ3v) is 5.81. The first-order valence-corrected chi connectivity index (χ1v) is 11.4. The summed E-state index contributed by atoms with van der Waals surface area (Å²) >= 11 is 0. The number of hydrogen-bond acceptors (Lipinski definition) is 6. The molecule has 6 nitrogen and oxygen atoms in total. The molecule has 7 heteroatoms. The number of oxazole rings is 1. The Kier molecular flexibility index (Phi) is 8.21. The quantitative estimate of drug-likeness (QED) is 0.131. The van der Waals surface area contributed by atoms with E-state index in [1.165, 1.54) is 6.92 Å². The molecule has 5 rings (SSSR count). The number of hydrogen-bond donors (Lipinski definition) is 0. The minimum absolute atomic E-state index is 0. The summed E-state index contributed by atoms with van der Waals surface area (Å²) in [6.45, 7) is 1.24. The topological polar surface area (TPSA) is 78.6 Å². The SMILES string of the molecule is CC(=O)OOc1cccc(C(=O)C2=C(c3nc(-c4ccccc4)c(-c4ccccc4)o3)CCC2)c1.[Na]. The fourth-order valence-corrected chi connectivity index (χ4v) is 4.23. The van der Waals surface area contributed by atoms with Crippen molar-refractivity contribution in [3.8, 4) is 28.3 Å². The number of rotatable bonds is 7. The van der Waals surface area contributed by atoms with Crippen molar-refractivity contribution in [2.24, 2.45) is 0 Å². The maximum absolute atomic E-state index is 13.5. The van der Waals surface area contributed by atoms with Gasteiger partial charge in [0, 0.05) is 64.3 Å². The van der Waals surface area contributed by atoms with Crippen LogP contribution in [0.5, 0.6) is 5.75 Å². The second kappa shape index (κ2) is 11.5. The number of carbonyl (C=O) groups excluding carboxylic acids is 2. The Labute approximate surface area is 231 Å². The summed E-state index contributed by atoms with van der Waals surface area (Å²) in [5.41, 5.74) is 4.56. The molecule has 0 unspecified atom stereocenters. The Morgan fingerprint density at radius 1 is 0.861 bits per heavy atom. The van der Waals surface area contributed by atoms with Crippen molar-refractivity contribution in [3.63, 3.8) is 0 Å². The van der Waals surface area contributed by atoms with Crippen molar-refractivity contribution in [3.05, 3.63) is 102 Å². The number of aromatic nitrogens is 1. The fraction of sp³-hybridized carbons (Fsp3) is 0.138. The zero-order valence-electron chi connectivity index (χ0n) is 20.2. The average Bonchev–Trinajstić information content (AvgIpc) is 3.56. The summed E-state index contributed by atoms with van der Waals surface area (Å²) in [6, 6.07) is 26.3. The second-order valence-electron chi connectivity index (χ2n) is 8.25. The van der Waals surface area contributed by atoms with Gasteiger partial charge in [-0.15, -0.1) is 0 Å². The monoisotopic (exact) mass is 488 g/mol. The molecule has 175 valence electrons. The van der Waals surface area contributed by atoms with Crippen molar-refractivity contribution in [2.75, 3.05) is 0 Å². The van der Waals surface area contributed by atoms with E-state index in [0.717, 1.165) is 28.8 Å².